The van der Waals surface area contributed by atoms with Gasteiger partial charge in [0.05, 0.1) is 14.2 Å². The second-order valence-electron chi connectivity index (χ2n) is 8.82. The normalized spacial score (nSPS) is 14.4. The van der Waals surface area contributed by atoms with Crippen LogP contribution in [0.3, 0.4) is 0 Å². The van der Waals surface area contributed by atoms with Gasteiger partial charge in [-0.15, -0.1) is 0 Å². The summed E-state index contributed by atoms with van der Waals surface area (Å²) in [4.78, 5) is 27.6. The summed E-state index contributed by atoms with van der Waals surface area (Å²) in [6.45, 7) is 2.05. The Hall–Kier alpha value is -4.54. The highest BCUT2D eigenvalue weighted by Crippen LogP contribution is 2.30. The summed E-state index contributed by atoms with van der Waals surface area (Å²) in [5.74, 6) is 0.738. The molecular formula is C31H27ClN2O5. The molecule has 0 N–H and O–H groups in total. The summed E-state index contributed by atoms with van der Waals surface area (Å²) >= 11 is 6.19. The van der Waals surface area contributed by atoms with Gasteiger partial charge in [-0.2, -0.15) is 5.26 Å². The fraction of sp³-hybridized carbons (Fsp3) is 0.194. The lowest BCUT2D eigenvalue weighted by Gasteiger charge is -2.27. The van der Waals surface area contributed by atoms with E-state index in [9.17, 15) is 14.9 Å². The van der Waals surface area contributed by atoms with E-state index in [0.29, 0.717) is 46.4 Å². The van der Waals surface area contributed by atoms with E-state index >= 15 is 0 Å². The van der Waals surface area contributed by atoms with E-state index in [4.69, 9.17) is 25.8 Å². The highest BCUT2D eigenvalue weighted by atomic mass is 35.5. The van der Waals surface area contributed by atoms with Crippen LogP contribution in [-0.4, -0.2) is 37.5 Å². The zero-order valence-corrected chi connectivity index (χ0v) is 22.6. The number of nitrogens with zero attached hydrogens (tertiary/aromatic N) is 2. The van der Waals surface area contributed by atoms with E-state index in [-0.39, 0.29) is 12.1 Å². The number of rotatable bonds is 9. The highest BCUT2D eigenvalue weighted by molar-refractivity contribution is 6.31. The van der Waals surface area contributed by atoms with Crippen LogP contribution in [0.1, 0.15) is 23.6 Å². The Morgan fingerprint density at radius 3 is 2.33 bits per heavy atom. The SMILES string of the molecule is COc1ccc(CCN2C(=O)C(C#N)=C(C)/C(=C\c3ccc(OCc4ccccc4Cl)cc3)C2=O)cc1OC. The number of amides is 2. The van der Waals surface area contributed by atoms with Gasteiger partial charge in [-0.05, 0) is 66.5 Å². The molecule has 198 valence electrons. The number of hydrogen-bond donors (Lipinski definition) is 0. The Bertz CT molecular complexity index is 1500. The number of imide groups is 1. The summed E-state index contributed by atoms with van der Waals surface area (Å²) < 4.78 is 16.5. The van der Waals surface area contributed by atoms with Crippen molar-refractivity contribution in [3.8, 4) is 23.3 Å². The summed E-state index contributed by atoms with van der Waals surface area (Å²) in [5, 5.41) is 10.3. The molecule has 0 aromatic heterocycles. The number of carbonyl (C=O) groups excluding carboxylic acids is 2. The number of nitriles is 1. The van der Waals surface area contributed by atoms with Crippen molar-refractivity contribution >= 4 is 29.5 Å². The Morgan fingerprint density at radius 2 is 1.67 bits per heavy atom. The second kappa shape index (κ2) is 12.3. The molecule has 0 atom stereocenters. The maximum Gasteiger partial charge on any atom is 0.271 e. The van der Waals surface area contributed by atoms with Gasteiger partial charge in [-0.1, -0.05) is 48.0 Å². The maximum absolute atomic E-state index is 13.4. The first-order chi connectivity index (χ1) is 18.9. The molecular weight excluding hydrogens is 516 g/mol. The van der Waals surface area contributed by atoms with Crippen LogP contribution in [0, 0.1) is 11.3 Å². The van der Waals surface area contributed by atoms with Crippen LogP contribution in [0.25, 0.3) is 6.08 Å². The standard InChI is InChI=1S/C31H27ClN2O5/c1-20-25(16-21-8-11-24(12-9-21)39-19-23-6-4-5-7-27(23)32)30(35)34(31(36)26(20)18-33)15-14-22-10-13-28(37-2)29(17-22)38-3/h4-13,16-17H,14-15,19H2,1-3H3/b25-16+. The van der Waals surface area contributed by atoms with Crippen LogP contribution in [0.2, 0.25) is 5.02 Å². The minimum Gasteiger partial charge on any atom is -0.493 e. The quantitative estimate of drug-likeness (QED) is 0.252. The maximum atomic E-state index is 13.4. The first-order valence-electron chi connectivity index (χ1n) is 12.2. The number of halogens is 1. The van der Waals surface area contributed by atoms with Gasteiger partial charge in [-0.3, -0.25) is 14.5 Å². The zero-order valence-electron chi connectivity index (χ0n) is 21.9. The molecule has 3 aromatic carbocycles. The van der Waals surface area contributed by atoms with Crippen LogP contribution in [0.5, 0.6) is 17.2 Å². The smallest absolute Gasteiger partial charge is 0.271 e. The van der Waals surface area contributed by atoms with E-state index in [2.05, 4.69) is 0 Å². The molecule has 0 saturated heterocycles. The Labute approximate surface area is 232 Å². The van der Waals surface area contributed by atoms with E-state index in [0.717, 1.165) is 21.6 Å². The molecule has 1 aliphatic rings. The highest BCUT2D eigenvalue weighted by Gasteiger charge is 2.35. The largest absolute Gasteiger partial charge is 0.493 e. The zero-order chi connectivity index (χ0) is 27.9. The van der Waals surface area contributed by atoms with Crippen molar-refractivity contribution in [3.05, 3.63) is 105 Å². The van der Waals surface area contributed by atoms with E-state index < -0.39 is 11.8 Å². The lowest BCUT2D eigenvalue weighted by molar-refractivity contribution is -0.140. The minimum atomic E-state index is -0.596. The van der Waals surface area contributed by atoms with Crippen LogP contribution in [0.15, 0.2) is 83.4 Å². The van der Waals surface area contributed by atoms with Crippen LogP contribution < -0.4 is 14.2 Å². The Balaban J connectivity index is 1.52. The average Bonchev–Trinajstić information content (AvgIpc) is 2.95. The van der Waals surface area contributed by atoms with Crippen LogP contribution in [-0.2, 0) is 22.6 Å². The molecule has 0 bridgehead atoms. The first-order valence-corrected chi connectivity index (χ1v) is 12.6. The number of methoxy groups -OCH3 is 2. The van der Waals surface area contributed by atoms with Gasteiger partial charge in [0.15, 0.2) is 11.5 Å². The molecule has 39 heavy (non-hydrogen) atoms. The van der Waals surface area contributed by atoms with E-state index in [1.807, 2.05) is 48.5 Å². The van der Waals surface area contributed by atoms with Crippen molar-refractivity contribution in [2.45, 2.75) is 20.0 Å². The molecule has 7 nitrogen and oxygen atoms in total. The second-order valence-corrected chi connectivity index (χ2v) is 9.23. The summed E-state index contributed by atoms with van der Waals surface area (Å²) in [5.41, 5.74) is 3.07. The molecule has 0 saturated carbocycles. The molecule has 0 aliphatic carbocycles. The van der Waals surface area contributed by atoms with Gasteiger partial charge in [0, 0.05) is 22.7 Å². The van der Waals surface area contributed by atoms with Crippen molar-refractivity contribution < 1.29 is 23.8 Å². The average molecular weight is 543 g/mol. The number of ether oxygens (including phenoxy) is 3. The topological polar surface area (TPSA) is 88.9 Å². The van der Waals surface area contributed by atoms with E-state index in [1.54, 1.807) is 51.5 Å². The van der Waals surface area contributed by atoms with E-state index in [1.165, 1.54) is 0 Å². The molecule has 0 fully saturated rings. The molecule has 0 unspecified atom stereocenters. The van der Waals surface area contributed by atoms with Crippen molar-refractivity contribution in [1.82, 2.24) is 4.90 Å². The van der Waals surface area contributed by atoms with Crippen molar-refractivity contribution in [1.29, 1.82) is 5.26 Å². The van der Waals surface area contributed by atoms with Gasteiger partial charge >= 0.3 is 0 Å². The monoisotopic (exact) mass is 542 g/mol. The summed E-state index contributed by atoms with van der Waals surface area (Å²) in [7, 11) is 3.09. The fourth-order valence-corrected chi connectivity index (χ4v) is 4.40. The molecule has 0 radical (unpaired) electrons. The Kier molecular flexibility index (Phi) is 8.70. The number of hydrogen-bond acceptors (Lipinski definition) is 6. The lowest BCUT2D eigenvalue weighted by Crippen LogP contribution is -2.43. The van der Waals surface area contributed by atoms with Gasteiger partial charge < -0.3 is 14.2 Å². The molecule has 2 amide bonds. The van der Waals surface area contributed by atoms with Crippen LogP contribution in [0.4, 0.5) is 0 Å². The van der Waals surface area contributed by atoms with Crippen molar-refractivity contribution in [2.75, 3.05) is 20.8 Å². The van der Waals surface area contributed by atoms with Gasteiger partial charge in [0.1, 0.15) is 24.0 Å². The van der Waals surface area contributed by atoms with Crippen molar-refractivity contribution in [3.63, 3.8) is 0 Å². The summed E-state index contributed by atoms with van der Waals surface area (Å²) in [6, 6.07) is 22.1. The lowest BCUT2D eigenvalue weighted by atomic mass is 9.93. The third kappa shape index (κ3) is 6.14. The number of carbonyl (C=O) groups is 2. The first kappa shape index (κ1) is 27.5. The predicted octanol–water partition coefficient (Wildman–Crippen LogP) is 5.77. The van der Waals surface area contributed by atoms with Crippen molar-refractivity contribution in [2.24, 2.45) is 0 Å². The molecule has 1 aliphatic heterocycles. The van der Waals surface area contributed by atoms with Gasteiger partial charge in [0.2, 0.25) is 0 Å². The van der Waals surface area contributed by atoms with Gasteiger partial charge in [-0.25, -0.2) is 0 Å². The Morgan fingerprint density at radius 1 is 0.949 bits per heavy atom. The molecule has 1 heterocycles. The third-order valence-electron chi connectivity index (χ3n) is 6.44. The molecule has 4 rings (SSSR count). The van der Waals surface area contributed by atoms with Gasteiger partial charge in [0.25, 0.3) is 11.8 Å². The molecule has 0 spiro atoms. The molecule has 8 heteroatoms. The minimum absolute atomic E-state index is 0.0483. The summed E-state index contributed by atoms with van der Waals surface area (Å²) in [6.07, 6.45) is 2.07. The predicted molar refractivity (Wildman–Crippen MR) is 148 cm³/mol. The molecule has 3 aromatic rings. The van der Waals surface area contributed by atoms with Crippen LogP contribution >= 0.6 is 11.6 Å². The third-order valence-corrected chi connectivity index (χ3v) is 6.81. The number of benzene rings is 3. The fourth-order valence-electron chi connectivity index (χ4n) is 4.21.